The molecule has 1 heterocycles. The normalized spacial score (nSPS) is 20.8. The predicted molar refractivity (Wildman–Crippen MR) is 55.7 cm³/mol. The monoisotopic (exact) mass is 190 g/mol. The summed E-state index contributed by atoms with van der Waals surface area (Å²) in [5, 5.41) is 0. The maximum Gasteiger partial charge on any atom is 0.118 e. The summed E-state index contributed by atoms with van der Waals surface area (Å²) in [5.74, 6) is 1.30. The van der Waals surface area contributed by atoms with Crippen LogP contribution in [0.2, 0.25) is 0 Å². The molecule has 0 bridgehead atoms. The maximum absolute atomic E-state index is 5.38. The average molecular weight is 190 g/mol. The zero-order chi connectivity index (χ0) is 9.80. The number of ether oxygens (including phenoxy) is 2. The largest absolute Gasteiger partial charge is 0.497 e. The molecule has 0 radical (unpaired) electrons. The van der Waals surface area contributed by atoms with E-state index in [1.807, 2.05) is 12.1 Å². The molecule has 0 spiro atoms. The van der Waals surface area contributed by atoms with Crippen molar-refractivity contribution in [3.8, 4) is 5.75 Å². The van der Waals surface area contributed by atoms with Crippen LogP contribution in [0.1, 0.15) is 11.5 Å². The number of hydrogen-bond donors (Lipinski definition) is 0. The summed E-state index contributed by atoms with van der Waals surface area (Å²) in [6, 6.07) is 8.14. The number of rotatable bonds is 2. The van der Waals surface area contributed by atoms with E-state index in [-0.39, 0.29) is 0 Å². The van der Waals surface area contributed by atoms with Crippen LogP contribution in [0.25, 0.3) is 0 Å². The van der Waals surface area contributed by atoms with E-state index in [2.05, 4.69) is 24.3 Å². The van der Waals surface area contributed by atoms with Gasteiger partial charge in [0.1, 0.15) is 5.75 Å². The van der Waals surface area contributed by atoms with Gasteiger partial charge in [0.15, 0.2) is 0 Å². The van der Waals surface area contributed by atoms with E-state index in [1.165, 1.54) is 5.56 Å². The summed E-state index contributed by atoms with van der Waals surface area (Å²) in [6.45, 7) is 1.52. The van der Waals surface area contributed by atoms with Gasteiger partial charge < -0.3 is 9.47 Å². The highest BCUT2D eigenvalue weighted by Crippen LogP contribution is 2.22. The highest BCUT2D eigenvalue weighted by molar-refractivity contribution is 5.31. The molecule has 2 rings (SSSR count). The molecule has 74 valence electrons. The first-order valence-corrected chi connectivity index (χ1v) is 4.78. The Bertz CT molecular complexity index is 314. The molecule has 0 saturated heterocycles. The fraction of sp³-hybridized carbons (Fsp3) is 0.333. The Hall–Kier alpha value is -1.28. The molecule has 0 aliphatic carbocycles. The highest BCUT2D eigenvalue weighted by Gasteiger charge is 2.10. The lowest BCUT2D eigenvalue weighted by Gasteiger charge is -2.17. The lowest BCUT2D eigenvalue weighted by molar-refractivity contribution is 0.146. The minimum absolute atomic E-state index is 0.398. The standard InChI is InChI=1S/C12H14O2/c1-13-12-6-4-10(5-7-12)11-3-2-8-14-9-11/h2-7,11H,8-9H2,1H3. The van der Waals surface area contributed by atoms with E-state index in [9.17, 15) is 0 Å². The van der Waals surface area contributed by atoms with Crippen molar-refractivity contribution in [3.63, 3.8) is 0 Å². The van der Waals surface area contributed by atoms with Crippen LogP contribution in [-0.4, -0.2) is 20.3 Å². The van der Waals surface area contributed by atoms with Gasteiger partial charge in [-0.2, -0.15) is 0 Å². The third-order valence-electron chi connectivity index (χ3n) is 2.42. The molecule has 1 aliphatic rings. The van der Waals surface area contributed by atoms with Crippen molar-refractivity contribution < 1.29 is 9.47 Å². The summed E-state index contributed by atoms with van der Waals surface area (Å²) in [5.41, 5.74) is 1.28. The highest BCUT2D eigenvalue weighted by atomic mass is 16.5. The molecule has 0 N–H and O–H groups in total. The molecule has 1 atom stereocenters. The van der Waals surface area contributed by atoms with Gasteiger partial charge in [0.25, 0.3) is 0 Å². The van der Waals surface area contributed by atoms with Crippen molar-refractivity contribution in [3.05, 3.63) is 42.0 Å². The molecule has 14 heavy (non-hydrogen) atoms. The number of methoxy groups -OCH3 is 1. The van der Waals surface area contributed by atoms with Crippen LogP contribution in [-0.2, 0) is 4.74 Å². The minimum atomic E-state index is 0.398. The SMILES string of the molecule is COc1ccc(C2C=CCOC2)cc1. The summed E-state index contributed by atoms with van der Waals surface area (Å²) < 4.78 is 10.5. The van der Waals surface area contributed by atoms with Crippen molar-refractivity contribution in [2.24, 2.45) is 0 Å². The summed E-state index contributed by atoms with van der Waals surface area (Å²) in [4.78, 5) is 0. The van der Waals surface area contributed by atoms with Crippen molar-refractivity contribution in [2.45, 2.75) is 5.92 Å². The van der Waals surface area contributed by atoms with Gasteiger partial charge in [0.2, 0.25) is 0 Å². The van der Waals surface area contributed by atoms with E-state index in [4.69, 9.17) is 9.47 Å². The predicted octanol–water partition coefficient (Wildman–Crippen LogP) is 2.37. The molecule has 0 saturated carbocycles. The van der Waals surface area contributed by atoms with E-state index in [0.717, 1.165) is 19.0 Å². The molecule has 1 aliphatic heterocycles. The maximum atomic E-state index is 5.38. The molecule has 0 fully saturated rings. The fourth-order valence-electron chi connectivity index (χ4n) is 1.60. The van der Waals surface area contributed by atoms with Gasteiger partial charge >= 0.3 is 0 Å². The fourth-order valence-corrected chi connectivity index (χ4v) is 1.60. The molecule has 0 aromatic heterocycles. The van der Waals surface area contributed by atoms with Crippen LogP contribution >= 0.6 is 0 Å². The Balaban J connectivity index is 2.15. The molecular formula is C12H14O2. The van der Waals surface area contributed by atoms with Crippen LogP contribution in [0, 0.1) is 0 Å². The van der Waals surface area contributed by atoms with E-state index in [0.29, 0.717) is 5.92 Å². The van der Waals surface area contributed by atoms with Crippen molar-refractivity contribution in [1.82, 2.24) is 0 Å². The molecule has 2 nitrogen and oxygen atoms in total. The van der Waals surface area contributed by atoms with Gasteiger partial charge in [-0.15, -0.1) is 0 Å². The molecule has 2 heteroatoms. The Morgan fingerprint density at radius 1 is 1.29 bits per heavy atom. The topological polar surface area (TPSA) is 18.5 Å². The first kappa shape index (κ1) is 9.28. The van der Waals surface area contributed by atoms with Crippen LogP contribution in [0.15, 0.2) is 36.4 Å². The van der Waals surface area contributed by atoms with Gasteiger partial charge in [0, 0.05) is 5.92 Å². The van der Waals surface area contributed by atoms with E-state index < -0.39 is 0 Å². The van der Waals surface area contributed by atoms with E-state index >= 15 is 0 Å². The second kappa shape index (κ2) is 4.29. The van der Waals surface area contributed by atoms with Crippen molar-refractivity contribution in [1.29, 1.82) is 0 Å². The molecule has 1 aromatic rings. The Kier molecular flexibility index (Phi) is 2.84. The zero-order valence-electron chi connectivity index (χ0n) is 8.27. The van der Waals surface area contributed by atoms with Gasteiger partial charge in [-0.3, -0.25) is 0 Å². The minimum Gasteiger partial charge on any atom is -0.497 e. The summed E-state index contributed by atoms with van der Waals surface area (Å²) >= 11 is 0. The van der Waals surface area contributed by atoms with Gasteiger partial charge in [-0.25, -0.2) is 0 Å². The first-order valence-electron chi connectivity index (χ1n) is 4.78. The quantitative estimate of drug-likeness (QED) is 0.666. The van der Waals surface area contributed by atoms with Crippen LogP contribution in [0.3, 0.4) is 0 Å². The van der Waals surface area contributed by atoms with Gasteiger partial charge in [0.05, 0.1) is 20.3 Å². The lowest BCUT2D eigenvalue weighted by atomic mass is 9.98. The average Bonchev–Trinajstić information content (AvgIpc) is 2.30. The van der Waals surface area contributed by atoms with Crippen LogP contribution in [0.4, 0.5) is 0 Å². The molecule has 1 unspecified atom stereocenters. The summed E-state index contributed by atoms with van der Waals surface area (Å²) in [7, 11) is 1.68. The zero-order valence-corrected chi connectivity index (χ0v) is 8.27. The Morgan fingerprint density at radius 3 is 2.64 bits per heavy atom. The smallest absolute Gasteiger partial charge is 0.118 e. The van der Waals surface area contributed by atoms with Gasteiger partial charge in [-0.1, -0.05) is 24.3 Å². The lowest BCUT2D eigenvalue weighted by Crippen LogP contribution is -2.10. The molecule has 1 aromatic carbocycles. The van der Waals surface area contributed by atoms with Gasteiger partial charge in [-0.05, 0) is 17.7 Å². The number of hydrogen-bond acceptors (Lipinski definition) is 2. The Labute approximate surface area is 84.2 Å². The summed E-state index contributed by atoms with van der Waals surface area (Å²) in [6.07, 6.45) is 4.27. The molecule has 0 amide bonds. The third-order valence-corrected chi connectivity index (χ3v) is 2.42. The Morgan fingerprint density at radius 2 is 2.07 bits per heavy atom. The third kappa shape index (κ3) is 1.96. The van der Waals surface area contributed by atoms with Crippen molar-refractivity contribution >= 4 is 0 Å². The second-order valence-corrected chi connectivity index (χ2v) is 3.35. The van der Waals surface area contributed by atoms with E-state index in [1.54, 1.807) is 7.11 Å². The molecular weight excluding hydrogens is 176 g/mol. The van der Waals surface area contributed by atoms with Crippen molar-refractivity contribution in [2.75, 3.05) is 20.3 Å². The van der Waals surface area contributed by atoms with Crippen LogP contribution in [0.5, 0.6) is 5.75 Å². The number of benzene rings is 1. The second-order valence-electron chi connectivity index (χ2n) is 3.35. The first-order chi connectivity index (χ1) is 6.90. The van der Waals surface area contributed by atoms with Crippen LogP contribution < -0.4 is 4.74 Å².